The summed E-state index contributed by atoms with van der Waals surface area (Å²) in [6.45, 7) is 2.79. The van der Waals surface area contributed by atoms with E-state index in [0.29, 0.717) is 18.0 Å². The monoisotopic (exact) mass is 451 g/mol. The molecule has 2 aromatic rings. The molecule has 1 N–H and O–H groups in total. The van der Waals surface area contributed by atoms with E-state index in [1.54, 1.807) is 11.3 Å². The number of amides is 2. The highest BCUT2D eigenvalue weighted by Crippen LogP contribution is 2.40. The van der Waals surface area contributed by atoms with Gasteiger partial charge in [0.1, 0.15) is 6.04 Å². The Kier molecular flexibility index (Phi) is 6.60. The number of nitrogens with zero attached hydrogens (tertiary/aromatic N) is 2. The van der Waals surface area contributed by atoms with Gasteiger partial charge in [-0.3, -0.25) is 14.5 Å². The SMILES string of the molecule is O=C(NCC(c1cccs1)N1CCCC1)C1CC2CCCCC2N1C(=O)c1ccccc1. The van der Waals surface area contributed by atoms with Crippen LogP contribution in [0.1, 0.15) is 66.2 Å². The molecular formula is C26H33N3O2S. The Labute approximate surface area is 194 Å². The second kappa shape index (κ2) is 9.75. The molecule has 6 heteroatoms. The summed E-state index contributed by atoms with van der Waals surface area (Å²) in [5.41, 5.74) is 0.685. The summed E-state index contributed by atoms with van der Waals surface area (Å²) in [6.07, 6.45) is 7.73. The maximum Gasteiger partial charge on any atom is 0.254 e. The van der Waals surface area contributed by atoms with Gasteiger partial charge in [-0.15, -0.1) is 11.3 Å². The smallest absolute Gasteiger partial charge is 0.254 e. The standard InChI is InChI=1S/C26H33N3O2S/c30-25(27-18-23(24-13-8-16-32-24)28-14-6-7-15-28)22-17-20-11-4-5-12-21(20)29(22)26(31)19-9-2-1-3-10-19/h1-3,8-10,13,16,20-23H,4-7,11-12,14-15,17-18H2,(H,27,30). The minimum Gasteiger partial charge on any atom is -0.352 e. The average molecular weight is 452 g/mol. The van der Waals surface area contributed by atoms with Crippen LogP contribution in [-0.2, 0) is 4.79 Å². The lowest BCUT2D eigenvalue weighted by Gasteiger charge is -2.34. The van der Waals surface area contributed by atoms with E-state index in [-0.39, 0.29) is 29.9 Å². The van der Waals surface area contributed by atoms with E-state index < -0.39 is 0 Å². The van der Waals surface area contributed by atoms with Gasteiger partial charge >= 0.3 is 0 Å². The lowest BCUT2D eigenvalue weighted by molar-refractivity contribution is -0.125. The second-order valence-corrected chi connectivity index (χ2v) is 10.4. The highest BCUT2D eigenvalue weighted by molar-refractivity contribution is 7.10. The summed E-state index contributed by atoms with van der Waals surface area (Å²) in [6, 6.07) is 13.8. The van der Waals surface area contributed by atoms with E-state index in [0.717, 1.165) is 38.8 Å². The molecule has 0 bridgehead atoms. The van der Waals surface area contributed by atoms with Crippen LogP contribution in [0.2, 0.25) is 0 Å². The van der Waals surface area contributed by atoms with Gasteiger partial charge in [0.2, 0.25) is 5.91 Å². The highest BCUT2D eigenvalue weighted by atomic mass is 32.1. The first kappa shape index (κ1) is 21.7. The molecule has 3 heterocycles. The van der Waals surface area contributed by atoms with E-state index in [9.17, 15) is 9.59 Å². The molecule has 5 nitrogen and oxygen atoms in total. The number of rotatable bonds is 6. The Morgan fingerprint density at radius 3 is 2.53 bits per heavy atom. The zero-order valence-corrected chi connectivity index (χ0v) is 19.4. The molecule has 1 aliphatic carbocycles. The van der Waals surface area contributed by atoms with Crippen LogP contribution in [0, 0.1) is 5.92 Å². The van der Waals surface area contributed by atoms with Gasteiger partial charge < -0.3 is 10.2 Å². The minimum atomic E-state index is -0.363. The third-order valence-electron chi connectivity index (χ3n) is 7.57. The van der Waals surface area contributed by atoms with Crippen molar-refractivity contribution in [2.75, 3.05) is 19.6 Å². The minimum absolute atomic E-state index is 0.00880. The quantitative estimate of drug-likeness (QED) is 0.705. The maximum atomic E-state index is 13.5. The van der Waals surface area contributed by atoms with Crippen LogP contribution >= 0.6 is 11.3 Å². The fourth-order valence-corrected chi connectivity index (χ4v) is 6.84. The summed E-state index contributed by atoms with van der Waals surface area (Å²) in [5.74, 6) is 0.470. The molecule has 4 atom stereocenters. The molecule has 1 aromatic heterocycles. The van der Waals surface area contributed by atoms with Gasteiger partial charge in [0.25, 0.3) is 5.91 Å². The number of hydrogen-bond donors (Lipinski definition) is 1. The van der Waals surface area contributed by atoms with Crippen LogP contribution in [0.4, 0.5) is 0 Å². The zero-order valence-electron chi connectivity index (χ0n) is 18.6. The number of hydrogen-bond acceptors (Lipinski definition) is 4. The summed E-state index contributed by atoms with van der Waals surface area (Å²) < 4.78 is 0. The molecule has 1 saturated carbocycles. The highest BCUT2D eigenvalue weighted by Gasteiger charge is 2.47. The molecule has 3 fully saturated rings. The number of carbonyl (C=O) groups is 2. The molecule has 2 saturated heterocycles. The predicted octanol–water partition coefficient (Wildman–Crippen LogP) is 4.47. The van der Waals surface area contributed by atoms with Gasteiger partial charge in [0.05, 0.1) is 6.04 Å². The molecule has 4 unspecified atom stereocenters. The Hall–Kier alpha value is -2.18. The van der Waals surface area contributed by atoms with Crippen molar-refractivity contribution in [1.82, 2.24) is 15.1 Å². The number of thiophene rings is 1. The van der Waals surface area contributed by atoms with Crippen LogP contribution in [0.15, 0.2) is 47.8 Å². The van der Waals surface area contributed by atoms with Crippen molar-refractivity contribution in [1.29, 1.82) is 0 Å². The Morgan fingerprint density at radius 2 is 1.78 bits per heavy atom. The summed E-state index contributed by atoms with van der Waals surface area (Å²) >= 11 is 1.76. The molecule has 2 amide bonds. The number of carbonyl (C=O) groups excluding carboxylic acids is 2. The van der Waals surface area contributed by atoms with Gasteiger partial charge in [-0.05, 0) is 74.7 Å². The lowest BCUT2D eigenvalue weighted by Crippen LogP contribution is -2.50. The average Bonchev–Trinajstić information content (AvgIpc) is 3.60. The van der Waals surface area contributed by atoms with Crippen LogP contribution in [0.25, 0.3) is 0 Å². The van der Waals surface area contributed by atoms with Crippen LogP contribution < -0.4 is 5.32 Å². The second-order valence-electron chi connectivity index (χ2n) is 9.46. The summed E-state index contributed by atoms with van der Waals surface area (Å²) in [7, 11) is 0. The molecule has 2 aliphatic heterocycles. The van der Waals surface area contributed by atoms with Crippen molar-refractivity contribution in [3.05, 3.63) is 58.3 Å². The van der Waals surface area contributed by atoms with Crippen LogP contribution in [-0.4, -0.2) is 53.3 Å². The number of nitrogens with one attached hydrogen (secondary N) is 1. The molecule has 0 spiro atoms. The van der Waals surface area contributed by atoms with E-state index in [4.69, 9.17) is 0 Å². The van der Waals surface area contributed by atoms with Gasteiger partial charge in [0, 0.05) is 23.0 Å². The third kappa shape index (κ3) is 4.35. The topological polar surface area (TPSA) is 52.7 Å². The third-order valence-corrected chi connectivity index (χ3v) is 8.54. The molecule has 32 heavy (non-hydrogen) atoms. The Morgan fingerprint density at radius 1 is 1.00 bits per heavy atom. The maximum absolute atomic E-state index is 13.5. The van der Waals surface area contributed by atoms with Crippen LogP contribution in [0.3, 0.4) is 0 Å². The van der Waals surface area contributed by atoms with E-state index in [1.807, 2.05) is 35.2 Å². The first-order valence-corrected chi connectivity index (χ1v) is 13.0. The first-order valence-electron chi connectivity index (χ1n) is 12.2. The van der Waals surface area contributed by atoms with Crippen molar-refractivity contribution in [3.8, 4) is 0 Å². The first-order chi connectivity index (χ1) is 15.7. The predicted molar refractivity (Wildman–Crippen MR) is 128 cm³/mol. The molecule has 170 valence electrons. The summed E-state index contributed by atoms with van der Waals surface area (Å²) in [4.78, 5) is 32.7. The molecular weight excluding hydrogens is 418 g/mol. The molecule has 0 radical (unpaired) electrons. The van der Waals surface area contributed by atoms with Crippen molar-refractivity contribution in [3.63, 3.8) is 0 Å². The zero-order chi connectivity index (χ0) is 21.9. The van der Waals surface area contributed by atoms with Crippen molar-refractivity contribution < 1.29 is 9.59 Å². The summed E-state index contributed by atoms with van der Waals surface area (Å²) in [5, 5.41) is 5.38. The normalized spacial score (nSPS) is 26.6. The van der Waals surface area contributed by atoms with Crippen molar-refractivity contribution in [2.45, 2.75) is 63.1 Å². The number of likely N-dealkylation sites (tertiary alicyclic amines) is 2. The van der Waals surface area contributed by atoms with Gasteiger partial charge in [-0.2, -0.15) is 0 Å². The fourth-order valence-electron chi connectivity index (χ4n) is 5.97. The van der Waals surface area contributed by atoms with E-state index >= 15 is 0 Å². The van der Waals surface area contributed by atoms with Gasteiger partial charge in [-0.25, -0.2) is 0 Å². The number of fused-ring (bicyclic) bond motifs is 1. The van der Waals surface area contributed by atoms with Crippen molar-refractivity contribution in [2.24, 2.45) is 5.92 Å². The number of benzene rings is 1. The molecule has 1 aromatic carbocycles. The Balaban J connectivity index is 1.33. The molecule has 3 aliphatic rings. The molecule has 5 rings (SSSR count). The van der Waals surface area contributed by atoms with E-state index in [1.165, 1.54) is 24.1 Å². The fraction of sp³-hybridized carbons (Fsp3) is 0.538. The van der Waals surface area contributed by atoms with Gasteiger partial charge in [-0.1, -0.05) is 37.1 Å². The van der Waals surface area contributed by atoms with E-state index in [2.05, 4.69) is 27.7 Å². The lowest BCUT2D eigenvalue weighted by atomic mass is 9.84. The van der Waals surface area contributed by atoms with Crippen molar-refractivity contribution >= 4 is 23.2 Å². The Bertz CT molecular complexity index is 910. The van der Waals surface area contributed by atoms with Crippen LogP contribution in [0.5, 0.6) is 0 Å². The largest absolute Gasteiger partial charge is 0.352 e. The van der Waals surface area contributed by atoms with Gasteiger partial charge in [0.15, 0.2) is 0 Å².